The van der Waals surface area contributed by atoms with Crippen LogP contribution in [0.5, 0.6) is 0 Å². The van der Waals surface area contributed by atoms with Crippen LogP contribution in [0.15, 0.2) is 24.4 Å². The molecule has 0 saturated heterocycles. The van der Waals surface area contributed by atoms with Crippen LogP contribution in [0.1, 0.15) is 31.2 Å². The SMILES string of the molecule is NCC1(c2c[nH]c3cc(F)ccc23)CCCC1. The number of fused-ring (bicyclic) bond motifs is 1. The summed E-state index contributed by atoms with van der Waals surface area (Å²) in [6.45, 7) is 0.678. The first-order chi connectivity index (χ1) is 8.25. The summed E-state index contributed by atoms with van der Waals surface area (Å²) in [7, 11) is 0. The zero-order valence-electron chi connectivity index (χ0n) is 9.80. The molecule has 1 aromatic carbocycles. The average molecular weight is 232 g/mol. The first-order valence-electron chi connectivity index (χ1n) is 6.22. The Bertz CT molecular complexity index is 538. The van der Waals surface area contributed by atoms with Crippen molar-refractivity contribution in [1.29, 1.82) is 0 Å². The van der Waals surface area contributed by atoms with E-state index in [-0.39, 0.29) is 11.2 Å². The van der Waals surface area contributed by atoms with Crippen LogP contribution in [0.25, 0.3) is 10.9 Å². The number of H-pyrrole nitrogens is 1. The molecule has 3 heteroatoms. The van der Waals surface area contributed by atoms with Crippen molar-refractivity contribution in [3.63, 3.8) is 0 Å². The Balaban J connectivity index is 2.17. The summed E-state index contributed by atoms with van der Waals surface area (Å²) in [5.74, 6) is -0.195. The molecule has 17 heavy (non-hydrogen) atoms. The number of rotatable bonds is 2. The third-order valence-corrected chi connectivity index (χ3v) is 4.17. The van der Waals surface area contributed by atoms with Crippen LogP contribution in [-0.2, 0) is 5.41 Å². The lowest BCUT2D eigenvalue weighted by molar-refractivity contribution is 0.457. The summed E-state index contributed by atoms with van der Waals surface area (Å²) < 4.78 is 13.2. The van der Waals surface area contributed by atoms with E-state index in [4.69, 9.17) is 5.73 Å². The lowest BCUT2D eigenvalue weighted by atomic mass is 9.79. The number of aromatic amines is 1. The first kappa shape index (κ1) is 10.8. The summed E-state index contributed by atoms with van der Waals surface area (Å²) in [5, 5.41) is 1.12. The predicted molar refractivity (Wildman–Crippen MR) is 67.5 cm³/mol. The lowest BCUT2D eigenvalue weighted by Crippen LogP contribution is -2.31. The van der Waals surface area contributed by atoms with Crippen LogP contribution in [0.2, 0.25) is 0 Å². The van der Waals surface area contributed by atoms with Crippen LogP contribution >= 0.6 is 0 Å². The van der Waals surface area contributed by atoms with Crippen molar-refractivity contribution in [2.24, 2.45) is 5.73 Å². The number of benzene rings is 1. The van der Waals surface area contributed by atoms with Crippen LogP contribution in [-0.4, -0.2) is 11.5 Å². The van der Waals surface area contributed by atoms with E-state index < -0.39 is 0 Å². The zero-order chi connectivity index (χ0) is 11.9. The molecule has 1 aliphatic carbocycles. The summed E-state index contributed by atoms with van der Waals surface area (Å²) >= 11 is 0. The topological polar surface area (TPSA) is 41.8 Å². The monoisotopic (exact) mass is 232 g/mol. The Morgan fingerprint density at radius 2 is 2.06 bits per heavy atom. The van der Waals surface area contributed by atoms with Crippen molar-refractivity contribution >= 4 is 10.9 Å². The largest absolute Gasteiger partial charge is 0.361 e. The summed E-state index contributed by atoms with van der Waals surface area (Å²) in [4.78, 5) is 3.17. The molecule has 1 heterocycles. The van der Waals surface area contributed by atoms with Crippen molar-refractivity contribution in [1.82, 2.24) is 4.98 Å². The Hall–Kier alpha value is -1.35. The quantitative estimate of drug-likeness (QED) is 0.821. The molecule has 2 nitrogen and oxygen atoms in total. The third kappa shape index (κ3) is 1.57. The maximum atomic E-state index is 13.2. The van der Waals surface area contributed by atoms with E-state index >= 15 is 0 Å². The van der Waals surface area contributed by atoms with Crippen molar-refractivity contribution in [3.05, 3.63) is 35.8 Å². The van der Waals surface area contributed by atoms with Gasteiger partial charge in [0.05, 0.1) is 0 Å². The minimum atomic E-state index is -0.195. The molecule has 0 amide bonds. The molecule has 1 aliphatic rings. The van der Waals surface area contributed by atoms with Gasteiger partial charge in [-0.3, -0.25) is 0 Å². The molecule has 3 N–H and O–H groups in total. The molecule has 1 fully saturated rings. The highest BCUT2D eigenvalue weighted by atomic mass is 19.1. The van der Waals surface area contributed by atoms with E-state index in [0.717, 1.165) is 23.7 Å². The second kappa shape index (κ2) is 3.84. The fraction of sp³-hybridized carbons (Fsp3) is 0.429. The van der Waals surface area contributed by atoms with E-state index in [2.05, 4.69) is 4.98 Å². The fourth-order valence-electron chi connectivity index (χ4n) is 3.17. The Kier molecular flexibility index (Phi) is 2.44. The summed E-state index contributed by atoms with van der Waals surface area (Å²) in [6, 6.07) is 4.95. The molecule has 1 saturated carbocycles. The van der Waals surface area contributed by atoms with Crippen molar-refractivity contribution in [2.45, 2.75) is 31.1 Å². The summed E-state index contributed by atoms with van der Waals surface area (Å²) in [6.07, 6.45) is 6.79. The standard InChI is InChI=1S/C14H17FN2/c15-10-3-4-11-12(8-17-13(11)7-10)14(9-16)5-1-2-6-14/h3-4,7-8,17H,1-2,5-6,9,16H2. The molecule has 2 aromatic rings. The molecule has 0 spiro atoms. The van der Waals surface area contributed by atoms with Crippen LogP contribution in [0, 0.1) is 5.82 Å². The van der Waals surface area contributed by atoms with Gasteiger partial charge in [0.15, 0.2) is 0 Å². The summed E-state index contributed by atoms with van der Waals surface area (Å²) in [5.41, 5.74) is 8.25. The van der Waals surface area contributed by atoms with Gasteiger partial charge in [-0.1, -0.05) is 12.8 Å². The number of nitrogens with two attached hydrogens (primary N) is 1. The van der Waals surface area contributed by atoms with Crippen LogP contribution in [0.4, 0.5) is 4.39 Å². The highest BCUT2D eigenvalue weighted by Crippen LogP contribution is 2.43. The predicted octanol–water partition coefficient (Wildman–Crippen LogP) is 3.08. The number of hydrogen-bond acceptors (Lipinski definition) is 1. The van der Waals surface area contributed by atoms with E-state index in [1.807, 2.05) is 12.3 Å². The normalized spacial score (nSPS) is 18.9. The average Bonchev–Trinajstić information content (AvgIpc) is 2.94. The highest BCUT2D eigenvalue weighted by molar-refractivity contribution is 5.84. The maximum absolute atomic E-state index is 13.2. The van der Waals surface area contributed by atoms with E-state index in [1.54, 1.807) is 6.07 Å². The zero-order valence-corrected chi connectivity index (χ0v) is 9.80. The van der Waals surface area contributed by atoms with Gasteiger partial charge in [0, 0.05) is 29.1 Å². The Morgan fingerprint density at radius 3 is 2.76 bits per heavy atom. The van der Waals surface area contributed by atoms with Crippen molar-refractivity contribution < 1.29 is 4.39 Å². The second-order valence-electron chi connectivity index (χ2n) is 5.08. The molecule has 0 radical (unpaired) electrons. The molecular formula is C14H17FN2. The van der Waals surface area contributed by atoms with Gasteiger partial charge in [0.1, 0.15) is 5.82 Å². The Labute approximate surface area is 100 Å². The highest BCUT2D eigenvalue weighted by Gasteiger charge is 2.35. The van der Waals surface area contributed by atoms with Crippen LogP contribution in [0.3, 0.4) is 0 Å². The van der Waals surface area contributed by atoms with Gasteiger partial charge in [-0.15, -0.1) is 0 Å². The van der Waals surface area contributed by atoms with Crippen molar-refractivity contribution in [2.75, 3.05) is 6.54 Å². The van der Waals surface area contributed by atoms with E-state index in [9.17, 15) is 4.39 Å². The molecular weight excluding hydrogens is 215 g/mol. The number of hydrogen-bond donors (Lipinski definition) is 2. The molecule has 1 aromatic heterocycles. The smallest absolute Gasteiger partial charge is 0.125 e. The van der Waals surface area contributed by atoms with Gasteiger partial charge in [-0.25, -0.2) is 4.39 Å². The minimum Gasteiger partial charge on any atom is -0.361 e. The van der Waals surface area contributed by atoms with Crippen LogP contribution < -0.4 is 5.73 Å². The van der Waals surface area contributed by atoms with Gasteiger partial charge in [-0.05, 0) is 36.6 Å². The third-order valence-electron chi connectivity index (χ3n) is 4.17. The number of halogens is 1. The fourth-order valence-corrected chi connectivity index (χ4v) is 3.17. The van der Waals surface area contributed by atoms with Gasteiger partial charge >= 0.3 is 0 Å². The van der Waals surface area contributed by atoms with Gasteiger partial charge < -0.3 is 10.7 Å². The van der Waals surface area contributed by atoms with Gasteiger partial charge in [-0.2, -0.15) is 0 Å². The molecule has 3 rings (SSSR count). The maximum Gasteiger partial charge on any atom is 0.125 e. The Morgan fingerprint density at radius 1 is 1.29 bits per heavy atom. The van der Waals surface area contributed by atoms with Gasteiger partial charge in [0.25, 0.3) is 0 Å². The second-order valence-corrected chi connectivity index (χ2v) is 5.08. The van der Waals surface area contributed by atoms with E-state index in [0.29, 0.717) is 6.54 Å². The molecule has 90 valence electrons. The number of nitrogens with one attached hydrogen (secondary N) is 1. The lowest BCUT2D eigenvalue weighted by Gasteiger charge is -2.26. The minimum absolute atomic E-state index is 0.107. The molecule has 0 bridgehead atoms. The molecule has 0 unspecified atom stereocenters. The van der Waals surface area contributed by atoms with Crippen molar-refractivity contribution in [3.8, 4) is 0 Å². The molecule has 0 atom stereocenters. The number of aromatic nitrogens is 1. The van der Waals surface area contributed by atoms with E-state index in [1.165, 1.54) is 24.5 Å². The first-order valence-corrected chi connectivity index (χ1v) is 6.22. The van der Waals surface area contributed by atoms with Gasteiger partial charge in [0.2, 0.25) is 0 Å². The molecule has 0 aliphatic heterocycles.